The van der Waals surface area contributed by atoms with Gasteiger partial charge in [0.2, 0.25) is 0 Å². The van der Waals surface area contributed by atoms with E-state index in [9.17, 15) is 0 Å². The summed E-state index contributed by atoms with van der Waals surface area (Å²) in [5.41, 5.74) is 1.17. The van der Waals surface area contributed by atoms with Crippen LogP contribution in [0.4, 0.5) is 5.69 Å². The van der Waals surface area contributed by atoms with Crippen molar-refractivity contribution in [2.24, 2.45) is 0 Å². The molecule has 0 saturated carbocycles. The molecule has 1 aromatic heterocycles. The third-order valence-electron chi connectivity index (χ3n) is 1.58. The van der Waals surface area contributed by atoms with Crippen molar-refractivity contribution in [2.45, 2.75) is 0 Å². The van der Waals surface area contributed by atoms with Gasteiger partial charge in [0.05, 0.1) is 10.2 Å². The standard InChI is InChI=1S/C8H10Br2N2/c1-12(5-3-9)8-2-4-11-6-7(8)10/h2,4,6H,3,5H2,1H3. The molecule has 1 heterocycles. The van der Waals surface area contributed by atoms with Crippen molar-refractivity contribution in [1.29, 1.82) is 0 Å². The van der Waals surface area contributed by atoms with Gasteiger partial charge in [0.25, 0.3) is 0 Å². The third-order valence-corrected chi connectivity index (χ3v) is 2.55. The SMILES string of the molecule is CN(CCBr)c1ccncc1Br. The van der Waals surface area contributed by atoms with Crippen LogP contribution in [0.15, 0.2) is 22.9 Å². The molecule has 12 heavy (non-hydrogen) atoms. The smallest absolute Gasteiger partial charge is 0.0592 e. The molecule has 0 unspecified atom stereocenters. The molecule has 4 heteroatoms. The van der Waals surface area contributed by atoms with Gasteiger partial charge in [0.15, 0.2) is 0 Å². The lowest BCUT2D eigenvalue weighted by atomic mass is 10.4. The summed E-state index contributed by atoms with van der Waals surface area (Å²) in [6, 6.07) is 1.99. The summed E-state index contributed by atoms with van der Waals surface area (Å²) in [5.74, 6) is 0. The van der Waals surface area contributed by atoms with Crippen LogP contribution in [0.5, 0.6) is 0 Å². The maximum atomic E-state index is 4.00. The molecule has 0 amide bonds. The second-order valence-electron chi connectivity index (χ2n) is 2.44. The molecular weight excluding hydrogens is 284 g/mol. The summed E-state index contributed by atoms with van der Waals surface area (Å²) in [6.45, 7) is 0.989. The number of hydrogen-bond donors (Lipinski definition) is 0. The van der Waals surface area contributed by atoms with Crippen LogP contribution in [0.2, 0.25) is 0 Å². The first-order chi connectivity index (χ1) is 5.75. The van der Waals surface area contributed by atoms with E-state index >= 15 is 0 Å². The molecule has 0 fully saturated rings. The molecule has 0 aliphatic rings. The van der Waals surface area contributed by atoms with E-state index in [0.29, 0.717) is 0 Å². The van der Waals surface area contributed by atoms with Crippen LogP contribution in [0.3, 0.4) is 0 Å². The second-order valence-corrected chi connectivity index (χ2v) is 4.08. The van der Waals surface area contributed by atoms with E-state index in [1.807, 2.05) is 6.07 Å². The minimum absolute atomic E-state index is 0.970. The van der Waals surface area contributed by atoms with Crippen molar-refractivity contribution in [2.75, 3.05) is 23.8 Å². The number of pyridine rings is 1. The number of aromatic nitrogens is 1. The molecule has 0 aliphatic heterocycles. The second kappa shape index (κ2) is 4.82. The van der Waals surface area contributed by atoms with Crippen molar-refractivity contribution in [3.8, 4) is 0 Å². The molecule has 0 radical (unpaired) electrons. The van der Waals surface area contributed by atoms with Gasteiger partial charge >= 0.3 is 0 Å². The van der Waals surface area contributed by atoms with Crippen LogP contribution in [-0.2, 0) is 0 Å². The first-order valence-corrected chi connectivity index (χ1v) is 5.53. The van der Waals surface area contributed by atoms with Gasteiger partial charge in [0, 0.05) is 31.3 Å². The first kappa shape index (κ1) is 9.99. The zero-order valence-corrected chi connectivity index (χ0v) is 9.97. The topological polar surface area (TPSA) is 16.1 Å². The zero-order chi connectivity index (χ0) is 8.97. The van der Waals surface area contributed by atoms with E-state index < -0.39 is 0 Å². The monoisotopic (exact) mass is 292 g/mol. The van der Waals surface area contributed by atoms with E-state index in [0.717, 1.165) is 16.3 Å². The normalized spacial score (nSPS) is 9.92. The summed E-state index contributed by atoms with van der Waals surface area (Å²) in [7, 11) is 2.06. The average Bonchev–Trinajstić information content (AvgIpc) is 2.05. The van der Waals surface area contributed by atoms with Crippen molar-refractivity contribution < 1.29 is 0 Å². The highest BCUT2D eigenvalue weighted by Crippen LogP contribution is 2.23. The average molecular weight is 294 g/mol. The van der Waals surface area contributed by atoms with E-state index in [-0.39, 0.29) is 0 Å². The lowest BCUT2D eigenvalue weighted by molar-refractivity contribution is 0.974. The summed E-state index contributed by atoms with van der Waals surface area (Å²) >= 11 is 6.85. The van der Waals surface area contributed by atoms with E-state index in [4.69, 9.17) is 0 Å². The van der Waals surface area contributed by atoms with Crippen LogP contribution >= 0.6 is 31.9 Å². The molecule has 2 nitrogen and oxygen atoms in total. The van der Waals surface area contributed by atoms with Gasteiger partial charge in [-0.1, -0.05) is 15.9 Å². The van der Waals surface area contributed by atoms with Crippen LogP contribution < -0.4 is 4.90 Å². The number of hydrogen-bond acceptors (Lipinski definition) is 2. The number of nitrogens with zero attached hydrogens (tertiary/aromatic N) is 2. The van der Waals surface area contributed by atoms with Gasteiger partial charge in [-0.2, -0.15) is 0 Å². The summed E-state index contributed by atoms with van der Waals surface area (Å²) in [4.78, 5) is 6.17. The summed E-state index contributed by atoms with van der Waals surface area (Å²) in [5, 5.41) is 0.970. The zero-order valence-electron chi connectivity index (χ0n) is 6.80. The quantitative estimate of drug-likeness (QED) is 0.797. The Morgan fingerprint density at radius 1 is 1.58 bits per heavy atom. The highest BCUT2D eigenvalue weighted by atomic mass is 79.9. The van der Waals surface area contributed by atoms with E-state index in [2.05, 4.69) is 48.8 Å². The summed E-state index contributed by atoms with van der Waals surface area (Å²) < 4.78 is 1.04. The van der Waals surface area contributed by atoms with Crippen molar-refractivity contribution in [3.05, 3.63) is 22.9 Å². The number of anilines is 1. The lowest BCUT2D eigenvalue weighted by Gasteiger charge is -2.18. The van der Waals surface area contributed by atoms with E-state index in [1.54, 1.807) is 12.4 Å². The van der Waals surface area contributed by atoms with E-state index in [1.165, 1.54) is 5.69 Å². The Balaban J connectivity index is 2.79. The van der Waals surface area contributed by atoms with Crippen LogP contribution in [0.25, 0.3) is 0 Å². The van der Waals surface area contributed by atoms with Crippen molar-refractivity contribution in [1.82, 2.24) is 4.98 Å². The molecule has 0 bridgehead atoms. The molecule has 0 saturated heterocycles. The number of alkyl halides is 1. The highest BCUT2D eigenvalue weighted by Gasteiger charge is 2.02. The van der Waals surface area contributed by atoms with Gasteiger partial charge in [-0.25, -0.2) is 0 Å². The molecule has 0 aromatic carbocycles. The molecule has 66 valence electrons. The molecule has 0 atom stereocenters. The predicted octanol–water partition coefficient (Wildman–Crippen LogP) is 2.68. The lowest BCUT2D eigenvalue weighted by Crippen LogP contribution is -2.19. The van der Waals surface area contributed by atoms with Gasteiger partial charge in [-0.15, -0.1) is 0 Å². The van der Waals surface area contributed by atoms with Crippen molar-refractivity contribution in [3.63, 3.8) is 0 Å². The fraction of sp³-hybridized carbons (Fsp3) is 0.375. The Morgan fingerprint density at radius 2 is 2.33 bits per heavy atom. The maximum absolute atomic E-state index is 4.00. The van der Waals surface area contributed by atoms with Gasteiger partial charge < -0.3 is 4.90 Å². The molecule has 1 rings (SSSR count). The Bertz CT molecular complexity index is 253. The molecule has 0 aliphatic carbocycles. The van der Waals surface area contributed by atoms with Crippen LogP contribution in [0.1, 0.15) is 0 Å². The van der Waals surface area contributed by atoms with Gasteiger partial charge in [-0.3, -0.25) is 4.98 Å². The minimum atomic E-state index is 0.970. The maximum Gasteiger partial charge on any atom is 0.0592 e. The van der Waals surface area contributed by atoms with Crippen LogP contribution in [0, 0.1) is 0 Å². The summed E-state index contributed by atoms with van der Waals surface area (Å²) in [6.07, 6.45) is 3.60. The molecule has 1 aromatic rings. The minimum Gasteiger partial charge on any atom is -0.373 e. The fourth-order valence-electron chi connectivity index (χ4n) is 0.925. The molecule has 0 spiro atoms. The highest BCUT2D eigenvalue weighted by molar-refractivity contribution is 9.10. The predicted molar refractivity (Wildman–Crippen MR) is 59.0 cm³/mol. The first-order valence-electron chi connectivity index (χ1n) is 3.62. The molecule has 0 N–H and O–H groups in total. The van der Waals surface area contributed by atoms with Crippen molar-refractivity contribution >= 4 is 37.5 Å². The largest absolute Gasteiger partial charge is 0.373 e. The number of halogens is 2. The number of rotatable bonds is 3. The fourth-order valence-corrected chi connectivity index (χ4v) is 2.01. The van der Waals surface area contributed by atoms with Gasteiger partial charge in [-0.05, 0) is 22.0 Å². The Kier molecular flexibility index (Phi) is 4.01. The Labute approximate surface area is 89.2 Å². The van der Waals surface area contributed by atoms with Crippen LogP contribution in [-0.4, -0.2) is 23.9 Å². The third kappa shape index (κ3) is 2.45. The Morgan fingerprint density at radius 3 is 2.92 bits per heavy atom. The van der Waals surface area contributed by atoms with Gasteiger partial charge in [0.1, 0.15) is 0 Å². The molecular formula is C8H10Br2N2. The Hall–Kier alpha value is -0.0900.